The molecule has 1 amide bonds. The number of nitrogens with one attached hydrogen (secondary N) is 2. The van der Waals surface area contributed by atoms with E-state index < -0.39 is 24.9 Å². The molecular weight excluding hydrogens is 572 g/mol. The molecule has 2 aliphatic heterocycles. The summed E-state index contributed by atoms with van der Waals surface area (Å²) in [5, 5.41) is 30.3. The van der Waals surface area contributed by atoms with E-state index in [-0.39, 0.29) is 17.2 Å². The zero-order valence-corrected chi connectivity index (χ0v) is 26.1. The Morgan fingerprint density at radius 3 is 1.98 bits per heavy atom. The van der Waals surface area contributed by atoms with Gasteiger partial charge in [0.25, 0.3) is 5.69 Å². The smallest absolute Gasteiger partial charge is 0.334 e. The van der Waals surface area contributed by atoms with Gasteiger partial charge < -0.3 is 20.6 Å². The monoisotopic (exact) mass is 610 g/mol. The van der Waals surface area contributed by atoms with Gasteiger partial charge in [-0.3, -0.25) is 14.9 Å². The molecule has 3 aromatic carbocycles. The molecule has 2 heterocycles. The molecule has 1 fully saturated rings. The van der Waals surface area contributed by atoms with Gasteiger partial charge in [0.1, 0.15) is 8.07 Å². The Balaban J connectivity index is 1.23. The molecule has 0 aliphatic carbocycles. The maximum atomic E-state index is 13.6. The minimum atomic E-state index is -1.86. The highest BCUT2D eigenvalue weighted by atomic mass is 28.3. The lowest BCUT2D eigenvalue weighted by Crippen LogP contribution is -2.63. The zero-order chi connectivity index (χ0) is 31.3. The van der Waals surface area contributed by atoms with E-state index >= 15 is 0 Å². The number of carbonyl (C=O) groups excluding carboxylic acids is 1. The number of carbonyl (C=O) groups is 2. The first-order valence-electron chi connectivity index (χ1n) is 15.0. The third-order valence-electron chi connectivity index (χ3n) is 8.97. The van der Waals surface area contributed by atoms with Crippen molar-refractivity contribution in [3.05, 3.63) is 123 Å². The van der Waals surface area contributed by atoms with Crippen LogP contribution in [0.1, 0.15) is 31.7 Å². The molecule has 1 saturated heterocycles. The number of carboxylic acids is 1. The van der Waals surface area contributed by atoms with E-state index in [0.29, 0.717) is 29.1 Å². The maximum absolute atomic E-state index is 13.6. The van der Waals surface area contributed by atoms with Gasteiger partial charge in [0.05, 0.1) is 16.4 Å². The first-order chi connectivity index (χ1) is 21.2. The quantitative estimate of drug-likeness (QED) is 0.137. The number of non-ortho nitro benzene ring substituents is 1. The third kappa shape index (κ3) is 6.36. The van der Waals surface area contributed by atoms with Crippen LogP contribution in [0.4, 0.5) is 5.69 Å². The van der Waals surface area contributed by atoms with E-state index in [0.717, 1.165) is 38.1 Å². The molecule has 10 heteroatoms. The van der Waals surface area contributed by atoms with Crippen molar-refractivity contribution in [1.82, 2.24) is 15.5 Å². The van der Waals surface area contributed by atoms with Crippen LogP contribution < -0.4 is 21.0 Å². The van der Waals surface area contributed by atoms with Gasteiger partial charge in [-0.25, -0.2) is 4.79 Å². The summed E-state index contributed by atoms with van der Waals surface area (Å²) >= 11 is 0. The van der Waals surface area contributed by atoms with E-state index in [2.05, 4.69) is 76.2 Å². The van der Waals surface area contributed by atoms with Crippen molar-refractivity contribution in [3.8, 4) is 0 Å². The number of aliphatic carboxylic acids is 1. The molecule has 1 unspecified atom stereocenters. The predicted octanol–water partition coefficient (Wildman–Crippen LogP) is 4.00. The average molecular weight is 611 g/mol. The zero-order valence-electron chi connectivity index (χ0n) is 25.1. The molecule has 5 rings (SSSR count). The maximum Gasteiger partial charge on any atom is 0.334 e. The van der Waals surface area contributed by atoms with Crippen molar-refractivity contribution in [2.75, 3.05) is 26.2 Å². The summed E-state index contributed by atoms with van der Waals surface area (Å²) < 4.78 is 0. The van der Waals surface area contributed by atoms with Crippen LogP contribution in [0.25, 0.3) is 0 Å². The number of hydrogen-bond donors (Lipinski definition) is 3. The Hall–Kier alpha value is -4.54. The Morgan fingerprint density at radius 2 is 1.45 bits per heavy atom. The van der Waals surface area contributed by atoms with E-state index in [4.69, 9.17) is 0 Å². The van der Waals surface area contributed by atoms with Crippen molar-refractivity contribution < 1.29 is 19.6 Å². The lowest BCUT2D eigenvalue weighted by molar-refractivity contribution is -0.384. The molecule has 0 bridgehead atoms. The van der Waals surface area contributed by atoms with Crippen molar-refractivity contribution in [3.63, 3.8) is 0 Å². The predicted molar refractivity (Wildman–Crippen MR) is 174 cm³/mol. The fraction of sp³-hybridized carbons (Fsp3) is 0.294. The highest BCUT2D eigenvalue weighted by Gasteiger charge is 2.40. The number of nitrogens with zero attached hydrogens (tertiary/aromatic N) is 2. The summed E-state index contributed by atoms with van der Waals surface area (Å²) in [5.41, 5.74) is 1.76. The van der Waals surface area contributed by atoms with Gasteiger partial charge in [0, 0.05) is 35.6 Å². The van der Waals surface area contributed by atoms with E-state index in [9.17, 15) is 24.8 Å². The van der Waals surface area contributed by atoms with Gasteiger partial charge >= 0.3 is 5.97 Å². The summed E-state index contributed by atoms with van der Waals surface area (Å²) in [6, 6.07) is 29.9. The van der Waals surface area contributed by atoms with Crippen LogP contribution in [0.15, 0.2) is 107 Å². The number of nitro benzene ring substituents is 1. The van der Waals surface area contributed by atoms with E-state index in [1.807, 2.05) is 0 Å². The molecule has 0 radical (unpaired) electrons. The molecule has 3 aromatic rings. The van der Waals surface area contributed by atoms with Crippen LogP contribution in [0.5, 0.6) is 0 Å². The van der Waals surface area contributed by atoms with Crippen LogP contribution in [0.2, 0.25) is 12.1 Å². The van der Waals surface area contributed by atoms with Gasteiger partial charge in [-0.05, 0) is 57.6 Å². The Kier molecular flexibility index (Phi) is 9.41. The van der Waals surface area contributed by atoms with Crippen molar-refractivity contribution in [1.29, 1.82) is 0 Å². The topological polar surface area (TPSA) is 125 Å². The van der Waals surface area contributed by atoms with Crippen molar-refractivity contribution >= 4 is 36.0 Å². The van der Waals surface area contributed by atoms with E-state index in [1.165, 1.54) is 34.6 Å². The second-order valence-electron chi connectivity index (χ2n) is 11.6. The molecular formula is C34H38N4O5Si. The first-order valence-corrected chi connectivity index (χ1v) is 17.4. The largest absolute Gasteiger partial charge is 0.478 e. The molecule has 0 spiro atoms. The van der Waals surface area contributed by atoms with Crippen molar-refractivity contribution in [2.24, 2.45) is 0 Å². The minimum absolute atomic E-state index is 0.0485. The summed E-state index contributed by atoms with van der Waals surface area (Å²) in [6.07, 6.45) is 0.763. The summed E-state index contributed by atoms with van der Waals surface area (Å²) in [5.74, 6) is -2.35. The lowest BCUT2D eigenvalue weighted by atomic mass is 9.80. The normalized spacial score (nSPS) is 18.5. The lowest BCUT2D eigenvalue weighted by Gasteiger charge is -2.41. The molecule has 1 atom stereocenters. The van der Waals surface area contributed by atoms with Crippen molar-refractivity contribution in [2.45, 2.75) is 38.3 Å². The minimum Gasteiger partial charge on any atom is -0.478 e. The first kappa shape index (κ1) is 30.9. The molecule has 3 N–H and O–H groups in total. The number of amides is 1. The van der Waals surface area contributed by atoms with Crippen LogP contribution in [0.3, 0.4) is 0 Å². The number of allylic oxidation sites excluding steroid dienone is 2. The van der Waals surface area contributed by atoms with Gasteiger partial charge in [0.15, 0.2) is 0 Å². The Labute approximate surface area is 258 Å². The van der Waals surface area contributed by atoms with Crippen LogP contribution in [-0.4, -0.2) is 61.1 Å². The molecule has 0 saturated carbocycles. The summed E-state index contributed by atoms with van der Waals surface area (Å²) in [6.45, 7) is 6.73. The number of benzene rings is 3. The molecule has 9 nitrogen and oxygen atoms in total. The second kappa shape index (κ2) is 13.4. The van der Waals surface area contributed by atoms with E-state index in [1.54, 1.807) is 13.8 Å². The molecule has 2 aliphatic rings. The van der Waals surface area contributed by atoms with Crippen LogP contribution in [-0.2, 0) is 9.59 Å². The highest BCUT2D eigenvalue weighted by molar-refractivity contribution is 7.02. The van der Waals surface area contributed by atoms with Gasteiger partial charge in [-0.15, -0.1) is 0 Å². The third-order valence-corrected chi connectivity index (χ3v) is 14.0. The number of hydrogen-bond acceptors (Lipinski definition) is 6. The second-order valence-corrected chi connectivity index (χ2v) is 15.9. The van der Waals surface area contributed by atoms with Crippen LogP contribution >= 0.6 is 0 Å². The summed E-state index contributed by atoms with van der Waals surface area (Å²) in [4.78, 5) is 39.0. The number of nitro groups is 1. The number of dihydropyridines is 1. The Morgan fingerprint density at radius 1 is 0.909 bits per heavy atom. The molecule has 44 heavy (non-hydrogen) atoms. The van der Waals surface area contributed by atoms with Crippen LogP contribution in [0, 0.1) is 10.1 Å². The number of rotatable bonds is 10. The fourth-order valence-electron chi connectivity index (χ4n) is 6.72. The van der Waals surface area contributed by atoms with Gasteiger partial charge in [-0.2, -0.15) is 0 Å². The summed E-state index contributed by atoms with van der Waals surface area (Å²) in [7, 11) is -1.86. The average Bonchev–Trinajstić information content (AvgIpc) is 3.03. The SMILES string of the molecule is CC1=C(C(=O)O)C(c2ccc([N+](=O)[O-])cc2)C(C(=O)NCCCN2CC[Si](c3ccccc3)(c3ccccc3)CC2)=C(C)N1. The fourth-order valence-corrected chi connectivity index (χ4v) is 11.5. The standard InChI is InChI=1S/C34H38N4O5Si/c1-24-30(32(31(34(40)41)25(2)36-24)26-14-16-27(17-15-26)38(42)43)33(39)35-18-9-19-37-20-22-44(23-21-37,28-10-5-3-6-11-28)29-12-7-4-8-13-29/h3-8,10-17,32,36H,9,18-23H2,1-2H3,(H,35,39)(H,40,41). The number of carboxylic acid groups (broad SMARTS) is 1. The molecule has 0 aromatic heterocycles. The highest BCUT2D eigenvalue weighted by Crippen LogP contribution is 2.38. The van der Waals surface area contributed by atoms with Gasteiger partial charge in [0.2, 0.25) is 5.91 Å². The molecule has 228 valence electrons. The van der Waals surface area contributed by atoms with Gasteiger partial charge in [-0.1, -0.05) is 83.2 Å². The Bertz CT molecular complexity index is 1540.